The molecule has 0 saturated heterocycles. The summed E-state index contributed by atoms with van der Waals surface area (Å²) in [6.45, 7) is 14.6. The molecule has 0 radical (unpaired) electrons. The molecule has 2 aromatic heterocycles. The largest absolute Gasteiger partial charge is 0.344 e. The van der Waals surface area contributed by atoms with E-state index in [4.69, 9.17) is 5.10 Å². The van der Waals surface area contributed by atoms with Gasteiger partial charge in [0.05, 0.1) is 11.2 Å². The summed E-state index contributed by atoms with van der Waals surface area (Å²) < 4.78 is 3.78. The molecule has 0 spiro atoms. The number of nitrogens with zero attached hydrogens (tertiary/aromatic N) is 3. The van der Waals surface area contributed by atoms with E-state index in [9.17, 15) is 4.79 Å². The van der Waals surface area contributed by atoms with Gasteiger partial charge >= 0.3 is 0 Å². The fraction of sp³-hybridized carbons (Fsp3) is 0.556. The summed E-state index contributed by atoms with van der Waals surface area (Å²) in [5.74, 6) is 0.609. The second kappa shape index (κ2) is 5.55. The lowest BCUT2D eigenvalue weighted by atomic mass is 9.92. The Labute approximate surface area is 138 Å². The van der Waals surface area contributed by atoms with Crippen molar-refractivity contribution in [2.45, 2.75) is 59.4 Å². The van der Waals surface area contributed by atoms with Crippen molar-refractivity contribution in [3.63, 3.8) is 0 Å². The smallest absolute Gasteiger partial charge is 0.273 e. The molecule has 2 rings (SSSR count). The summed E-state index contributed by atoms with van der Waals surface area (Å²) in [7, 11) is 1.89. The van der Waals surface area contributed by atoms with E-state index in [1.807, 2.05) is 41.4 Å². The number of carbonyl (C=O) groups excluding carboxylic acids is 1. The minimum Gasteiger partial charge on any atom is -0.344 e. The topological polar surface area (TPSA) is 51.9 Å². The number of aromatic nitrogens is 3. The molecular formula is C18H28N4O. The van der Waals surface area contributed by atoms with Crippen LogP contribution in [0.15, 0.2) is 18.2 Å². The van der Waals surface area contributed by atoms with Gasteiger partial charge < -0.3 is 9.88 Å². The third-order valence-electron chi connectivity index (χ3n) is 3.96. The normalized spacial score (nSPS) is 12.5. The van der Waals surface area contributed by atoms with E-state index in [1.54, 1.807) is 0 Å². The molecule has 0 aromatic carbocycles. The molecule has 1 N–H and O–H groups in total. The quantitative estimate of drug-likeness (QED) is 0.915. The fourth-order valence-corrected chi connectivity index (χ4v) is 2.37. The van der Waals surface area contributed by atoms with Crippen molar-refractivity contribution >= 4 is 11.7 Å². The van der Waals surface area contributed by atoms with Gasteiger partial charge in [-0.2, -0.15) is 5.10 Å². The van der Waals surface area contributed by atoms with Gasteiger partial charge in [0.1, 0.15) is 11.5 Å². The van der Waals surface area contributed by atoms with Crippen molar-refractivity contribution < 1.29 is 4.79 Å². The van der Waals surface area contributed by atoms with Crippen LogP contribution in [-0.2, 0) is 18.0 Å². The Balaban J connectivity index is 2.41. The fourth-order valence-electron chi connectivity index (χ4n) is 2.37. The molecule has 23 heavy (non-hydrogen) atoms. The van der Waals surface area contributed by atoms with Crippen molar-refractivity contribution in [2.75, 3.05) is 5.32 Å². The van der Waals surface area contributed by atoms with Gasteiger partial charge in [0.2, 0.25) is 0 Å². The van der Waals surface area contributed by atoms with E-state index in [0.29, 0.717) is 5.69 Å². The molecular weight excluding hydrogens is 288 g/mol. The van der Waals surface area contributed by atoms with E-state index >= 15 is 0 Å². The number of amides is 1. The first-order valence-corrected chi connectivity index (χ1v) is 7.96. The monoisotopic (exact) mass is 316 g/mol. The average molecular weight is 316 g/mol. The van der Waals surface area contributed by atoms with Gasteiger partial charge in [-0.25, -0.2) is 4.68 Å². The number of hydrogen-bond acceptors (Lipinski definition) is 2. The maximum atomic E-state index is 12.6. The summed E-state index contributed by atoms with van der Waals surface area (Å²) in [6.07, 6.45) is 0. The van der Waals surface area contributed by atoms with Crippen LogP contribution in [0.3, 0.4) is 0 Å². The lowest BCUT2D eigenvalue weighted by Crippen LogP contribution is -2.27. The summed E-state index contributed by atoms with van der Waals surface area (Å²) in [5.41, 5.74) is 2.37. The highest BCUT2D eigenvalue weighted by Gasteiger charge is 2.26. The second-order valence-electron chi connectivity index (χ2n) is 8.12. The molecule has 5 heteroatoms. The van der Waals surface area contributed by atoms with Crippen LogP contribution in [0.5, 0.6) is 0 Å². The Morgan fingerprint density at radius 2 is 1.74 bits per heavy atom. The molecule has 0 bridgehead atoms. The van der Waals surface area contributed by atoms with E-state index in [2.05, 4.69) is 46.9 Å². The molecule has 5 nitrogen and oxygen atoms in total. The summed E-state index contributed by atoms with van der Waals surface area (Å²) >= 11 is 0. The predicted molar refractivity (Wildman–Crippen MR) is 94.0 cm³/mol. The molecule has 126 valence electrons. The molecule has 0 aliphatic heterocycles. The first kappa shape index (κ1) is 17.3. The van der Waals surface area contributed by atoms with Crippen molar-refractivity contribution in [3.05, 3.63) is 35.3 Å². The maximum absolute atomic E-state index is 12.6. The van der Waals surface area contributed by atoms with Crippen LogP contribution in [-0.4, -0.2) is 20.3 Å². The number of hydrogen-bond donors (Lipinski definition) is 1. The van der Waals surface area contributed by atoms with E-state index in [0.717, 1.165) is 17.2 Å². The van der Waals surface area contributed by atoms with Gasteiger partial charge in [-0.1, -0.05) is 20.8 Å². The highest BCUT2D eigenvalue weighted by molar-refractivity contribution is 6.02. The lowest BCUT2D eigenvalue weighted by Gasteiger charge is -2.23. The molecule has 0 saturated carbocycles. The zero-order chi connectivity index (χ0) is 17.6. The van der Waals surface area contributed by atoms with Crippen molar-refractivity contribution in [3.8, 4) is 0 Å². The Kier molecular flexibility index (Phi) is 4.18. The Bertz CT molecular complexity index is 723. The number of aryl methyl sites for hydroxylation is 1. The summed E-state index contributed by atoms with van der Waals surface area (Å²) in [6, 6.07) is 5.75. The van der Waals surface area contributed by atoms with Crippen LogP contribution in [0, 0.1) is 6.92 Å². The standard InChI is InChI=1S/C18H28N4O/c1-12-9-10-13(21(12)8)16(23)19-15-11-14(17(2,3)4)20-22(15)18(5,6)7/h9-11H,1-8H3,(H,19,23). The second-order valence-corrected chi connectivity index (χ2v) is 8.12. The van der Waals surface area contributed by atoms with Crippen LogP contribution in [0.2, 0.25) is 0 Å². The lowest BCUT2D eigenvalue weighted by molar-refractivity contribution is 0.101. The minimum absolute atomic E-state index is 0.0719. The van der Waals surface area contributed by atoms with Gasteiger partial charge in [-0.15, -0.1) is 0 Å². The summed E-state index contributed by atoms with van der Waals surface area (Å²) in [4.78, 5) is 12.6. The van der Waals surface area contributed by atoms with Crippen molar-refractivity contribution in [1.29, 1.82) is 0 Å². The number of rotatable bonds is 2. The molecule has 2 heterocycles. The highest BCUT2D eigenvalue weighted by atomic mass is 16.2. The van der Waals surface area contributed by atoms with Crippen LogP contribution in [0.25, 0.3) is 0 Å². The first-order chi connectivity index (χ1) is 10.4. The first-order valence-electron chi connectivity index (χ1n) is 7.96. The van der Waals surface area contributed by atoms with E-state index in [1.165, 1.54) is 0 Å². The predicted octanol–water partition coefficient (Wildman–Crippen LogP) is 3.83. The van der Waals surface area contributed by atoms with Gasteiger partial charge in [0.25, 0.3) is 5.91 Å². The molecule has 2 aromatic rings. The third-order valence-corrected chi connectivity index (χ3v) is 3.96. The van der Waals surface area contributed by atoms with Gasteiger partial charge in [-0.3, -0.25) is 4.79 Å². The zero-order valence-electron chi connectivity index (χ0n) is 15.5. The number of carbonyl (C=O) groups is 1. The van der Waals surface area contributed by atoms with Gasteiger partial charge in [0, 0.05) is 24.2 Å². The maximum Gasteiger partial charge on any atom is 0.273 e. The summed E-state index contributed by atoms with van der Waals surface area (Å²) in [5, 5.41) is 7.74. The SMILES string of the molecule is Cc1ccc(C(=O)Nc2cc(C(C)(C)C)nn2C(C)(C)C)n1C. The van der Waals surface area contributed by atoms with Crippen LogP contribution < -0.4 is 5.32 Å². The number of nitrogens with one attached hydrogen (secondary N) is 1. The molecule has 0 aliphatic carbocycles. The van der Waals surface area contributed by atoms with Crippen LogP contribution >= 0.6 is 0 Å². The average Bonchev–Trinajstić information content (AvgIpc) is 2.94. The van der Waals surface area contributed by atoms with E-state index < -0.39 is 0 Å². The Morgan fingerprint density at radius 1 is 1.13 bits per heavy atom. The molecule has 0 fully saturated rings. The van der Waals surface area contributed by atoms with Crippen molar-refractivity contribution in [2.24, 2.45) is 7.05 Å². The third kappa shape index (κ3) is 3.49. The zero-order valence-corrected chi connectivity index (χ0v) is 15.5. The van der Waals surface area contributed by atoms with Gasteiger partial charge in [0.15, 0.2) is 0 Å². The minimum atomic E-state index is -0.212. The van der Waals surface area contributed by atoms with Gasteiger partial charge in [-0.05, 0) is 39.8 Å². The Morgan fingerprint density at radius 3 is 2.17 bits per heavy atom. The molecule has 1 amide bonds. The molecule has 0 atom stereocenters. The Hall–Kier alpha value is -2.04. The number of anilines is 1. The molecule has 0 aliphatic rings. The van der Waals surface area contributed by atoms with E-state index in [-0.39, 0.29) is 16.9 Å². The highest BCUT2D eigenvalue weighted by Crippen LogP contribution is 2.28. The van der Waals surface area contributed by atoms with Crippen LogP contribution in [0.1, 0.15) is 63.4 Å². The van der Waals surface area contributed by atoms with Crippen molar-refractivity contribution in [1.82, 2.24) is 14.3 Å². The van der Waals surface area contributed by atoms with Crippen LogP contribution in [0.4, 0.5) is 5.82 Å². The molecule has 0 unspecified atom stereocenters.